The van der Waals surface area contributed by atoms with Gasteiger partial charge in [-0.1, -0.05) is 41.6 Å². The fourth-order valence-corrected chi connectivity index (χ4v) is 4.70. The van der Waals surface area contributed by atoms with Crippen LogP contribution in [0.2, 0.25) is 0 Å². The summed E-state index contributed by atoms with van der Waals surface area (Å²) in [4.78, 5) is 24.8. The van der Waals surface area contributed by atoms with Gasteiger partial charge in [-0.3, -0.25) is 14.8 Å². The number of aromatic amines is 1. The number of methoxy groups -OCH3 is 1. The van der Waals surface area contributed by atoms with Crippen molar-refractivity contribution in [2.75, 3.05) is 25.1 Å². The van der Waals surface area contributed by atoms with E-state index in [4.69, 9.17) is 9.47 Å². The average molecular weight is 559 g/mol. The Labute approximate surface area is 236 Å². The van der Waals surface area contributed by atoms with E-state index in [0.717, 1.165) is 28.1 Å². The van der Waals surface area contributed by atoms with Gasteiger partial charge in [0.2, 0.25) is 5.91 Å². The van der Waals surface area contributed by atoms with Crippen LogP contribution < -0.4 is 20.3 Å². The number of nitrogens with one attached hydrogen (secondary N) is 3. The lowest BCUT2D eigenvalue weighted by atomic mass is 10.0. The number of H-pyrrole nitrogens is 1. The summed E-state index contributed by atoms with van der Waals surface area (Å²) in [5, 5.41) is 17.0. The van der Waals surface area contributed by atoms with Crippen LogP contribution in [0.4, 0.5) is 14.9 Å². The van der Waals surface area contributed by atoms with Crippen LogP contribution in [0.15, 0.2) is 72.9 Å². The van der Waals surface area contributed by atoms with Crippen LogP contribution >= 0.6 is 0 Å². The third kappa shape index (κ3) is 6.87. The molecular weight excluding hydrogens is 527 g/mol. The summed E-state index contributed by atoms with van der Waals surface area (Å²) >= 11 is 0. The number of rotatable bonds is 11. The van der Waals surface area contributed by atoms with Crippen LogP contribution in [0.5, 0.6) is 5.75 Å². The third-order valence-electron chi connectivity index (χ3n) is 6.93. The first kappa shape index (κ1) is 27.8. The third-order valence-corrected chi connectivity index (χ3v) is 6.93. The summed E-state index contributed by atoms with van der Waals surface area (Å²) < 4.78 is 25.7. The summed E-state index contributed by atoms with van der Waals surface area (Å²) in [6.07, 6.45) is 1.43. The zero-order valence-electron chi connectivity index (χ0n) is 22.8. The molecule has 10 nitrogen and oxygen atoms in total. The second kappa shape index (κ2) is 12.6. The molecule has 212 valence electrons. The van der Waals surface area contributed by atoms with Crippen molar-refractivity contribution in [2.45, 2.75) is 32.0 Å². The van der Waals surface area contributed by atoms with Crippen LogP contribution in [0.3, 0.4) is 0 Å². The van der Waals surface area contributed by atoms with Gasteiger partial charge in [0.05, 0.1) is 37.6 Å². The Morgan fingerprint density at radius 3 is 2.56 bits per heavy atom. The first-order chi connectivity index (χ1) is 19.9. The van der Waals surface area contributed by atoms with Gasteiger partial charge in [-0.05, 0) is 53.4 Å². The normalized spacial score (nSPS) is 15.4. The Morgan fingerprint density at radius 1 is 1.15 bits per heavy atom. The highest BCUT2D eigenvalue weighted by molar-refractivity contribution is 5.90. The molecule has 2 unspecified atom stereocenters. The highest BCUT2D eigenvalue weighted by atomic mass is 19.1. The van der Waals surface area contributed by atoms with Gasteiger partial charge in [0.15, 0.2) is 0 Å². The van der Waals surface area contributed by atoms with E-state index in [9.17, 15) is 9.59 Å². The van der Waals surface area contributed by atoms with Crippen molar-refractivity contribution in [2.24, 2.45) is 0 Å². The molecule has 2 heterocycles. The Bertz CT molecular complexity index is 1480. The van der Waals surface area contributed by atoms with Crippen LogP contribution in [0.1, 0.15) is 29.8 Å². The molecule has 1 aliphatic rings. The zero-order chi connectivity index (χ0) is 28.8. The molecule has 0 radical (unpaired) electrons. The fourth-order valence-electron chi connectivity index (χ4n) is 4.70. The van der Waals surface area contributed by atoms with E-state index in [1.165, 1.54) is 17.9 Å². The molecule has 1 saturated heterocycles. The Hall–Kier alpha value is -4.77. The van der Waals surface area contributed by atoms with Crippen molar-refractivity contribution >= 4 is 17.7 Å². The van der Waals surface area contributed by atoms with Crippen LogP contribution in [0, 0.1) is 5.82 Å². The highest BCUT2D eigenvalue weighted by Crippen LogP contribution is 2.29. The maximum absolute atomic E-state index is 15.2. The van der Waals surface area contributed by atoms with E-state index in [-0.39, 0.29) is 25.0 Å². The smallest absolute Gasteiger partial charge is 0.414 e. The molecule has 4 aromatic rings. The number of anilines is 1. The van der Waals surface area contributed by atoms with Crippen LogP contribution in [-0.2, 0) is 22.5 Å². The number of amides is 2. The highest BCUT2D eigenvalue weighted by Gasteiger charge is 2.32. The fraction of sp³-hybridized carbons (Fsp3) is 0.267. The van der Waals surface area contributed by atoms with Gasteiger partial charge >= 0.3 is 6.09 Å². The Kier molecular flexibility index (Phi) is 8.54. The first-order valence-corrected chi connectivity index (χ1v) is 13.2. The molecule has 2 amide bonds. The molecule has 11 heteroatoms. The van der Waals surface area contributed by atoms with E-state index in [0.29, 0.717) is 24.2 Å². The lowest BCUT2D eigenvalue weighted by molar-refractivity contribution is -0.119. The van der Waals surface area contributed by atoms with Crippen molar-refractivity contribution in [3.05, 3.63) is 95.6 Å². The van der Waals surface area contributed by atoms with Gasteiger partial charge in [-0.25, -0.2) is 9.18 Å². The number of cyclic esters (lactones) is 1. The van der Waals surface area contributed by atoms with Crippen molar-refractivity contribution < 1.29 is 23.5 Å². The lowest BCUT2D eigenvalue weighted by Crippen LogP contribution is -2.33. The van der Waals surface area contributed by atoms with Gasteiger partial charge in [0, 0.05) is 25.2 Å². The van der Waals surface area contributed by atoms with Gasteiger partial charge < -0.3 is 20.1 Å². The maximum Gasteiger partial charge on any atom is 0.414 e. The molecule has 1 aromatic heterocycles. The van der Waals surface area contributed by atoms with Gasteiger partial charge in [-0.2, -0.15) is 0 Å². The number of nitrogens with zero attached hydrogens (tertiary/aromatic N) is 3. The molecule has 41 heavy (non-hydrogen) atoms. The van der Waals surface area contributed by atoms with Crippen molar-refractivity contribution in [3.8, 4) is 16.9 Å². The molecule has 2 atom stereocenters. The van der Waals surface area contributed by atoms with Crippen LogP contribution in [0.25, 0.3) is 11.1 Å². The van der Waals surface area contributed by atoms with Crippen LogP contribution in [-0.4, -0.2) is 53.7 Å². The molecule has 0 bridgehead atoms. The van der Waals surface area contributed by atoms with Crippen molar-refractivity contribution in [1.82, 2.24) is 26.0 Å². The summed E-state index contributed by atoms with van der Waals surface area (Å²) in [6.45, 7) is 2.41. The topological polar surface area (TPSA) is 121 Å². The van der Waals surface area contributed by atoms with Crippen molar-refractivity contribution in [1.29, 1.82) is 0 Å². The zero-order valence-corrected chi connectivity index (χ0v) is 22.8. The predicted molar refractivity (Wildman–Crippen MR) is 151 cm³/mol. The van der Waals surface area contributed by atoms with E-state index < -0.39 is 18.0 Å². The van der Waals surface area contributed by atoms with E-state index in [2.05, 4.69) is 26.0 Å². The SMILES string of the molecule is COc1ccc(CC(NCc2ccc(-c3ccc(N4CC(CNC(C)=O)OC4=O)cc3F)cc2)c2c[nH]nn2)cc1. The monoisotopic (exact) mass is 558 g/mol. The molecule has 0 spiro atoms. The van der Waals surface area contributed by atoms with E-state index in [1.54, 1.807) is 25.4 Å². The summed E-state index contributed by atoms with van der Waals surface area (Å²) in [6, 6.07) is 20.2. The molecule has 5 rings (SSSR count). The number of carbonyl (C=O) groups is 2. The second-order valence-electron chi connectivity index (χ2n) is 9.80. The molecular formula is C30H31FN6O4. The molecule has 3 N–H and O–H groups in total. The standard InChI is InChI=1S/C30H31FN6O4/c1-19(38)32-16-25-18-37(30(39)41-25)23-9-12-26(27(31)14-23)22-7-3-21(4-8-22)15-33-28(29-17-34-36-35-29)13-20-5-10-24(40-2)11-6-20/h3-12,14,17,25,28,33H,13,15-16,18H2,1-2H3,(H,32,38)(H,34,35,36). The summed E-state index contributed by atoms with van der Waals surface area (Å²) in [5.41, 5.74) is 4.51. The van der Waals surface area contributed by atoms with Gasteiger partial charge in [-0.15, -0.1) is 5.10 Å². The molecule has 1 fully saturated rings. The number of hydrogen-bond donors (Lipinski definition) is 3. The maximum atomic E-state index is 15.2. The molecule has 1 aliphatic heterocycles. The Balaban J connectivity index is 1.22. The average Bonchev–Trinajstić information content (AvgIpc) is 3.65. The van der Waals surface area contributed by atoms with E-state index >= 15 is 4.39 Å². The first-order valence-electron chi connectivity index (χ1n) is 13.2. The molecule has 3 aromatic carbocycles. The van der Waals surface area contributed by atoms with E-state index in [1.807, 2.05) is 48.5 Å². The quantitative estimate of drug-likeness (QED) is 0.253. The molecule has 0 saturated carbocycles. The van der Waals surface area contributed by atoms with Gasteiger partial charge in [0.25, 0.3) is 0 Å². The Morgan fingerprint density at radius 2 is 1.90 bits per heavy atom. The minimum Gasteiger partial charge on any atom is -0.497 e. The number of hydrogen-bond acceptors (Lipinski definition) is 7. The van der Waals surface area contributed by atoms with Crippen molar-refractivity contribution in [3.63, 3.8) is 0 Å². The largest absolute Gasteiger partial charge is 0.497 e. The summed E-state index contributed by atoms with van der Waals surface area (Å²) in [5.74, 6) is 0.147. The number of aromatic nitrogens is 3. The lowest BCUT2D eigenvalue weighted by Gasteiger charge is -2.17. The number of ether oxygens (including phenoxy) is 2. The molecule has 0 aliphatic carbocycles. The minimum atomic E-state index is -0.569. The van der Waals surface area contributed by atoms with Gasteiger partial charge in [0.1, 0.15) is 17.7 Å². The number of benzene rings is 3. The predicted octanol–water partition coefficient (Wildman–Crippen LogP) is 4.15. The second-order valence-corrected chi connectivity index (χ2v) is 9.80. The number of halogens is 1. The minimum absolute atomic E-state index is 0.0677. The number of carbonyl (C=O) groups excluding carboxylic acids is 2. The summed E-state index contributed by atoms with van der Waals surface area (Å²) in [7, 11) is 1.64.